The van der Waals surface area contributed by atoms with Crippen molar-refractivity contribution in [2.45, 2.75) is 13.5 Å². The molecule has 0 aromatic carbocycles. The predicted octanol–water partition coefficient (Wildman–Crippen LogP) is 1.80. The van der Waals surface area contributed by atoms with Gasteiger partial charge in [0.15, 0.2) is 5.13 Å². The Kier molecular flexibility index (Phi) is 2.49. The molecule has 5 heteroatoms. The summed E-state index contributed by atoms with van der Waals surface area (Å²) in [4.78, 5) is 4.31. The van der Waals surface area contributed by atoms with Crippen LogP contribution in [-0.2, 0) is 13.6 Å². The van der Waals surface area contributed by atoms with E-state index in [4.69, 9.17) is 0 Å². The molecule has 2 aromatic heterocycles. The van der Waals surface area contributed by atoms with Crippen LogP contribution in [-0.4, -0.2) is 14.8 Å². The second-order valence-corrected chi connectivity index (χ2v) is 3.99. The van der Waals surface area contributed by atoms with Crippen LogP contribution in [0.2, 0.25) is 0 Å². The lowest BCUT2D eigenvalue weighted by atomic mass is 10.4. The standard InChI is InChI=1S/C9H12N4S/c1-7-6-14-9(11-7)10-5-8-3-4-13(2)12-8/h3-4,6H,5H2,1-2H3,(H,10,11). The van der Waals surface area contributed by atoms with Gasteiger partial charge in [-0.05, 0) is 13.0 Å². The van der Waals surface area contributed by atoms with Crippen LogP contribution in [0.3, 0.4) is 0 Å². The van der Waals surface area contributed by atoms with Gasteiger partial charge in [-0.1, -0.05) is 0 Å². The van der Waals surface area contributed by atoms with Crippen molar-refractivity contribution in [1.29, 1.82) is 0 Å². The van der Waals surface area contributed by atoms with Crippen molar-refractivity contribution in [3.63, 3.8) is 0 Å². The van der Waals surface area contributed by atoms with Crippen LogP contribution in [0.4, 0.5) is 5.13 Å². The highest BCUT2D eigenvalue weighted by Crippen LogP contribution is 2.14. The quantitative estimate of drug-likeness (QED) is 0.836. The maximum absolute atomic E-state index is 4.31. The molecule has 0 bridgehead atoms. The highest BCUT2D eigenvalue weighted by Gasteiger charge is 1.99. The molecular weight excluding hydrogens is 196 g/mol. The van der Waals surface area contributed by atoms with Gasteiger partial charge in [-0.2, -0.15) is 5.10 Å². The Morgan fingerprint density at radius 3 is 3.00 bits per heavy atom. The van der Waals surface area contributed by atoms with Gasteiger partial charge < -0.3 is 5.32 Å². The largest absolute Gasteiger partial charge is 0.356 e. The number of aromatic nitrogens is 3. The van der Waals surface area contributed by atoms with Crippen molar-refractivity contribution in [2.75, 3.05) is 5.32 Å². The molecule has 0 unspecified atom stereocenters. The van der Waals surface area contributed by atoms with Crippen molar-refractivity contribution in [1.82, 2.24) is 14.8 Å². The maximum atomic E-state index is 4.31. The van der Waals surface area contributed by atoms with E-state index < -0.39 is 0 Å². The topological polar surface area (TPSA) is 42.7 Å². The molecule has 2 heterocycles. The molecule has 14 heavy (non-hydrogen) atoms. The molecule has 4 nitrogen and oxygen atoms in total. The van der Waals surface area contributed by atoms with E-state index in [0.29, 0.717) is 0 Å². The van der Waals surface area contributed by atoms with E-state index in [9.17, 15) is 0 Å². The van der Waals surface area contributed by atoms with E-state index in [0.717, 1.165) is 23.1 Å². The molecule has 0 atom stereocenters. The summed E-state index contributed by atoms with van der Waals surface area (Å²) in [7, 11) is 1.91. The molecule has 0 saturated heterocycles. The van der Waals surface area contributed by atoms with Crippen molar-refractivity contribution >= 4 is 16.5 Å². The zero-order valence-electron chi connectivity index (χ0n) is 8.19. The molecule has 0 aliphatic rings. The normalized spacial score (nSPS) is 10.4. The first-order chi connectivity index (χ1) is 6.74. The Bertz CT molecular complexity index is 378. The summed E-state index contributed by atoms with van der Waals surface area (Å²) in [6.45, 7) is 2.72. The third-order valence-corrected chi connectivity index (χ3v) is 2.73. The molecule has 74 valence electrons. The molecule has 0 spiro atoms. The number of thiazole rings is 1. The van der Waals surface area contributed by atoms with E-state index in [1.807, 2.05) is 31.6 Å². The summed E-state index contributed by atoms with van der Waals surface area (Å²) in [5, 5.41) is 10.5. The number of rotatable bonds is 3. The number of hydrogen-bond acceptors (Lipinski definition) is 4. The van der Waals surface area contributed by atoms with Gasteiger partial charge >= 0.3 is 0 Å². The maximum Gasteiger partial charge on any atom is 0.183 e. The summed E-state index contributed by atoms with van der Waals surface area (Å²) >= 11 is 1.62. The summed E-state index contributed by atoms with van der Waals surface area (Å²) < 4.78 is 1.80. The average Bonchev–Trinajstić information content (AvgIpc) is 2.72. The van der Waals surface area contributed by atoms with Crippen LogP contribution in [0, 0.1) is 6.92 Å². The lowest BCUT2D eigenvalue weighted by Gasteiger charge is -1.97. The smallest absolute Gasteiger partial charge is 0.183 e. The van der Waals surface area contributed by atoms with Crippen molar-refractivity contribution in [2.24, 2.45) is 7.05 Å². The average molecular weight is 208 g/mol. The zero-order chi connectivity index (χ0) is 9.97. The third kappa shape index (κ3) is 2.11. The van der Waals surface area contributed by atoms with Crippen molar-refractivity contribution in [3.05, 3.63) is 29.0 Å². The minimum Gasteiger partial charge on any atom is -0.356 e. The van der Waals surface area contributed by atoms with E-state index in [-0.39, 0.29) is 0 Å². The monoisotopic (exact) mass is 208 g/mol. The molecule has 0 radical (unpaired) electrons. The zero-order valence-corrected chi connectivity index (χ0v) is 9.01. The van der Waals surface area contributed by atoms with E-state index in [2.05, 4.69) is 15.4 Å². The van der Waals surface area contributed by atoms with Gasteiger partial charge in [0.05, 0.1) is 17.9 Å². The van der Waals surface area contributed by atoms with Crippen LogP contribution in [0.15, 0.2) is 17.6 Å². The molecule has 0 aliphatic carbocycles. The first-order valence-corrected chi connectivity index (χ1v) is 5.26. The highest BCUT2D eigenvalue weighted by atomic mass is 32.1. The van der Waals surface area contributed by atoms with Gasteiger partial charge in [0.2, 0.25) is 0 Å². The lowest BCUT2D eigenvalue weighted by Crippen LogP contribution is -2.00. The molecule has 0 fully saturated rings. The number of aryl methyl sites for hydroxylation is 2. The first kappa shape index (κ1) is 9.21. The number of nitrogens with zero attached hydrogens (tertiary/aromatic N) is 3. The minimum atomic E-state index is 0.730. The van der Waals surface area contributed by atoms with E-state index in [1.165, 1.54) is 0 Å². The number of nitrogens with one attached hydrogen (secondary N) is 1. The summed E-state index contributed by atoms with van der Waals surface area (Å²) in [5.41, 5.74) is 2.08. The minimum absolute atomic E-state index is 0.730. The lowest BCUT2D eigenvalue weighted by molar-refractivity contribution is 0.747. The van der Waals surface area contributed by atoms with Crippen LogP contribution in [0.1, 0.15) is 11.4 Å². The Labute approximate surface area is 86.6 Å². The van der Waals surface area contributed by atoms with Gasteiger partial charge in [0, 0.05) is 18.6 Å². The van der Waals surface area contributed by atoms with Crippen LogP contribution in [0.25, 0.3) is 0 Å². The van der Waals surface area contributed by atoms with E-state index in [1.54, 1.807) is 16.0 Å². The number of hydrogen-bond donors (Lipinski definition) is 1. The highest BCUT2D eigenvalue weighted by molar-refractivity contribution is 7.13. The van der Waals surface area contributed by atoms with Crippen molar-refractivity contribution < 1.29 is 0 Å². The molecule has 1 N–H and O–H groups in total. The Morgan fingerprint density at radius 2 is 2.43 bits per heavy atom. The molecule has 0 amide bonds. The summed E-state index contributed by atoms with van der Waals surface area (Å²) in [5.74, 6) is 0. The Hall–Kier alpha value is -1.36. The van der Waals surface area contributed by atoms with Crippen LogP contribution < -0.4 is 5.32 Å². The molecule has 2 rings (SSSR count). The fourth-order valence-corrected chi connectivity index (χ4v) is 1.85. The summed E-state index contributed by atoms with van der Waals surface area (Å²) in [6.07, 6.45) is 1.93. The van der Waals surface area contributed by atoms with E-state index >= 15 is 0 Å². The van der Waals surface area contributed by atoms with Crippen molar-refractivity contribution in [3.8, 4) is 0 Å². The number of anilines is 1. The SMILES string of the molecule is Cc1csc(NCc2ccn(C)n2)n1. The van der Waals surface area contributed by atoms with Crippen LogP contribution >= 0.6 is 11.3 Å². The first-order valence-electron chi connectivity index (χ1n) is 4.38. The van der Waals surface area contributed by atoms with Gasteiger partial charge in [-0.15, -0.1) is 11.3 Å². The molecular formula is C9H12N4S. The second-order valence-electron chi connectivity index (χ2n) is 3.13. The predicted molar refractivity (Wildman–Crippen MR) is 57.4 cm³/mol. The molecule has 0 aliphatic heterocycles. The fourth-order valence-electron chi connectivity index (χ4n) is 1.16. The Balaban J connectivity index is 1.94. The van der Waals surface area contributed by atoms with Gasteiger partial charge in [-0.3, -0.25) is 4.68 Å². The Morgan fingerprint density at radius 1 is 1.57 bits per heavy atom. The fraction of sp³-hybridized carbons (Fsp3) is 0.333. The third-order valence-electron chi connectivity index (χ3n) is 1.81. The van der Waals surface area contributed by atoms with Crippen LogP contribution in [0.5, 0.6) is 0 Å². The van der Waals surface area contributed by atoms with Gasteiger partial charge in [0.1, 0.15) is 0 Å². The molecule has 0 saturated carbocycles. The second kappa shape index (κ2) is 3.79. The van der Waals surface area contributed by atoms with Gasteiger partial charge in [-0.25, -0.2) is 4.98 Å². The summed E-state index contributed by atoms with van der Waals surface area (Å²) in [6, 6.07) is 1.99. The van der Waals surface area contributed by atoms with Gasteiger partial charge in [0.25, 0.3) is 0 Å². The molecule has 2 aromatic rings.